The molecule has 0 unspecified atom stereocenters. The van der Waals surface area contributed by atoms with Gasteiger partial charge in [0.15, 0.2) is 0 Å². The van der Waals surface area contributed by atoms with Gasteiger partial charge < -0.3 is 15.2 Å². The highest BCUT2D eigenvalue weighted by Crippen LogP contribution is 2.30. The van der Waals surface area contributed by atoms with Gasteiger partial charge in [-0.3, -0.25) is 0 Å². The second-order valence-corrected chi connectivity index (χ2v) is 11.0. The topological polar surface area (TPSA) is 44.8 Å². The van der Waals surface area contributed by atoms with Crippen molar-refractivity contribution in [1.82, 2.24) is 0 Å². The van der Waals surface area contributed by atoms with Crippen molar-refractivity contribution in [3.63, 3.8) is 0 Å². The van der Waals surface area contributed by atoms with Crippen LogP contribution < -0.4 is 5.32 Å². The van der Waals surface area contributed by atoms with E-state index >= 15 is 0 Å². The van der Waals surface area contributed by atoms with Crippen LogP contribution in [0.4, 0.5) is 11.4 Å². The van der Waals surface area contributed by atoms with Crippen LogP contribution in [-0.2, 0) is 11.2 Å². The van der Waals surface area contributed by atoms with Crippen molar-refractivity contribution in [3.05, 3.63) is 129 Å². The van der Waals surface area contributed by atoms with Crippen LogP contribution in [0.25, 0.3) is 0 Å². The largest absolute Gasteiger partial charge is 0.388 e. The highest BCUT2D eigenvalue weighted by atomic mass is 16.6. The molecule has 40 heavy (non-hydrogen) atoms. The van der Waals surface area contributed by atoms with Crippen molar-refractivity contribution in [2.45, 2.75) is 79.9 Å². The first-order valence-corrected chi connectivity index (χ1v) is 14.1. The van der Waals surface area contributed by atoms with Gasteiger partial charge in [-0.15, -0.1) is 0 Å². The lowest BCUT2D eigenvalue weighted by Gasteiger charge is -2.13. The van der Waals surface area contributed by atoms with Crippen LogP contribution in [0.5, 0.6) is 0 Å². The second kappa shape index (κ2) is 14.8. The van der Waals surface area contributed by atoms with Gasteiger partial charge in [0.2, 0.25) is 0 Å². The van der Waals surface area contributed by atoms with Gasteiger partial charge in [-0.2, -0.15) is 0 Å². The smallest absolute Gasteiger partial charge is 0.106 e. The molecule has 0 spiro atoms. The van der Waals surface area contributed by atoms with Crippen molar-refractivity contribution in [2.75, 3.05) is 11.9 Å². The number of nitrogens with one attached hydrogen (secondary N) is 1. The molecule has 4 aromatic rings. The number of hydrogen-bond acceptors (Lipinski definition) is 3. The molecule has 1 fully saturated rings. The number of hydrogen-bond donors (Lipinski definition) is 2. The fraction of sp³-hybridized carbons (Fsp3) is 0.351. The van der Waals surface area contributed by atoms with Crippen LogP contribution >= 0.6 is 0 Å². The van der Waals surface area contributed by atoms with Gasteiger partial charge in [0.25, 0.3) is 0 Å². The highest BCUT2D eigenvalue weighted by Gasteiger charge is 2.24. The molecule has 0 aliphatic carbocycles. The molecule has 0 aromatic heterocycles. The van der Waals surface area contributed by atoms with E-state index in [-0.39, 0.29) is 13.5 Å². The fourth-order valence-electron chi connectivity index (χ4n) is 4.57. The molecular weight excluding hydrogens is 490 g/mol. The molecule has 3 nitrogen and oxygen atoms in total. The Hall–Kier alpha value is -3.40. The zero-order valence-electron chi connectivity index (χ0n) is 24.1. The van der Waals surface area contributed by atoms with Crippen LogP contribution in [0.2, 0.25) is 0 Å². The monoisotopic (exact) mass is 537 g/mol. The van der Waals surface area contributed by atoms with Gasteiger partial charge in [0.1, 0.15) is 6.10 Å². The number of anilines is 2. The lowest BCUT2D eigenvalue weighted by atomic mass is 9.98. The molecule has 0 radical (unpaired) electrons. The molecule has 0 amide bonds. The first-order valence-electron chi connectivity index (χ1n) is 14.1. The van der Waals surface area contributed by atoms with Crippen molar-refractivity contribution in [3.8, 4) is 0 Å². The van der Waals surface area contributed by atoms with Crippen molar-refractivity contribution >= 4 is 11.4 Å². The minimum Gasteiger partial charge on any atom is -0.388 e. The van der Waals surface area contributed by atoms with Crippen LogP contribution in [0.1, 0.15) is 83.4 Å². The normalized spacial score (nSPS) is 14.4. The molecule has 5 rings (SSSR count). The average Bonchev–Trinajstić information content (AvgIpc) is 3.78. The summed E-state index contributed by atoms with van der Waals surface area (Å²) >= 11 is 0. The Morgan fingerprint density at radius 1 is 0.725 bits per heavy atom. The summed E-state index contributed by atoms with van der Waals surface area (Å²) in [7, 11) is 0. The molecule has 3 heteroatoms. The molecule has 0 saturated carbocycles. The second-order valence-electron chi connectivity index (χ2n) is 11.0. The number of rotatable bonds is 9. The van der Waals surface area contributed by atoms with E-state index < -0.39 is 0 Å². The average molecular weight is 538 g/mol. The van der Waals surface area contributed by atoms with Gasteiger partial charge >= 0.3 is 0 Å². The molecule has 2 atom stereocenters. The number of unbranched alkanes of at least 4 members (excludes halogenated alkanes) is 1. The van der Waals surface area contributed by atoms with E-state index in [0.717, 1.165) is 49.2 Å². The van der Waals surface area contributed by atoms with E-state index in [1.807, 2.05) is 6.07 Å². The van der Waals surface area contributed by atoms with E-state index in [1.165, 1.54) is 38.9 Å². The van der Waals surface area contributed by atoms with Gasteiger partial charge in [-0.1, -0.05) is 80.1 Å². The summed E-state index contributed by atoms with van der Waals surface area (Å²) in [4.78, 5) is 0. The molecule has 1 heterocycles. The minimum atomic E-state index is -0.361. The number of epoxide rings is 1. The quantitative estimate of drug-likeness (QED) is 0.165. The van der Waals surface area contributed by atoms with Gasteiger partial charge in [-0.05, 0) is 117 Å². The first kappa shape index (κ1) is 31.1. The predicted octanol–water partition coefficient (Wildman–Crippen LogP) is 9.81. The third kappa shape index (κ3) is 9.36. The summed E-state index contributed by atoms with van der Waals surface area (Å²) in [6, 6.07) is 29.9. The maximum Gasteiger partial charge on any atom is 0.106 e. The van der Waals surface area contributed by atoms with Crippen molar-refractivity contribution in [1.29, 1.82) is 0 Å². The number of aryl methyl sites for hydroxylation is 6. The third-order valence-corrected chi connectivity index (χ3v) is 7.64. The summed E-state index contributed by atoms with van der Waals surface area (Å²) in [5.74, 6) is 0. The Balaban J connectivity index is 0.000000306. The maximum absolute atomic E-state index is 10.4. The van der Waals surface area contributed by atoms with E-state index in [4.69, 9.17) is 4.74 Å². The lowest BCUT2D eigenvalue weighted by molar-refractivity contribution is 0.163. The van der Waals surface area contributed by atoms with Gasteiger partial charge in [-0.25, -0.2) is 0 Å². The SMILES string of the molecule is C.Cc1ccc(Nc2ccc(CCCC[C@H](O)c3ccc(C)c(C)c3)cc2)cc1.Cc1ccc([C@@H]2CO2)cc1C. The molecule has 1 saturated heterocycles. The Morgan fingerprint density at radius 2 is 1.30 bits per heavy atom. The summed E-state index contributed by atoms with van der Waals surface area (Å²) in [5, 5.41) is 13.9. The van der Waals surface area contributed by atoms with Crippen LogP contribution in [-0.4, -0.2) is 11.7 Å². The van der Waals surface area contributed by atoms with E-state index in [2.05, 4.69) is 119 Å². The molecule has 0 bridgehead atoms. The highest BCUT2D eigenvalue weighted by molar-refractivity contribution is 5.60. The summed E-state index contributed by atoms with van der Waals surface area (Å²) in [5.41, 5.74) is 12.4. The minimum absolute atomic E-state index is 0. The van der Waals surface area contributed by atoms with Crippen molar-refractivity contribution in [2.24, 2.45) is 0 Å². The summed E-state index contributed by atoms with van der Waals surface area (Å²) < 4.78 is 5.19. The standard InChI is InChI=1S/C26H31NO.C10H12O.CH4/c1-19-8-14-24(15-9-19)27-25-16-11-22(12-17-25)6-4-5-7-26(28)23-13-10-20(2)21(3)18-23;1-7-3-4-9(5-8(7)2)10-6-11-10;/h8-18,26-28H,4-7H2,1-3H3;3-5,10H,6H2,1-2H3;1H4/t26-;10-;/m00./s1. The molecule has 4 aromatic carbocycles. The zero-order chi connectivity index (χ0) is 27.8. The lowest BCUT2D eigenvalue weighted by Crippen LogP contribution is -1.99. The molecule has 1 aliphatic rings. The van der Waals surface area contributed by atoms with Crippen molar-refractivity contribution < 1.29 is 9.84 Å². The van der Waals surface area contributed by atoms with Gasteiger partial charge in [0.05, 0.1) is 12.7 Å². The molecule has 212 valence electrons. The molecular formula is C37H47NO2. The van der Waals surface area contributed by atoms with Gasteiger partial charge in [0, 0.05) is 11.4 Å². The Kier molecular flexibility index (Phi) is 11.5. The predicted molar refractivity (Wildman–Crippen MR) is 171 cm³/mol. The number of ether oxygens (including phenoxy) is 1. The Labute approximate surface area is 242 Å². The van der Waals surface area contributed by atoms with E-state index in [1.54, 1.807) is 0 Å². The van der Waals surface area contributed by atoms with E-state index in [0.29, 0.717) is 6.10 Å². The number of aliphatic hydroxyl groups is 1. The molecule has 1 aliphatic heterocycles. The fourth-order valence-corrected chi connectivity index (χ4v) is 4.57. The third-order valence-electron chi connectivity index (χ3n) is 7.64. The summed E-state index contributed by atoms with van der Waals surface area (Å²) in [6.07, 6.45) is 4.01. The van der Waals surface area contributed by atoms with E-state index in [9.17, 15) is 5.11 Å². The zero-order valence-corrected chi connectivity index (χ0v) is 24.1. The van der Waals surface area contributed by atoms with Crippen LogP contribution in [0.15, 0.2) is 84.9 Å². The first-order chi connectivity index (χ1) is 18.8. The van der Waals surface area contributed by atoms with Crippen LogP contribution in [0, 0.1) is 34.6 Å². The summed E-state index contributed by atoms with van der Waals surface area (Å²) in [6.45, 7) is 11.5. The number of benzene rings is 4. The maximum atomic E-state index is 10.4. The molecule has 2 N–H and O–H groups in total. The Bertz CT molecular complexity index is 1340. The van der Waals surface area contributed by atoms with Crippen LogP contribution in [0.3, 0.4) is 0 Å². The Morgan fingerprint density at radius 3 is 1.88 bits per heavy atom. The number of aliphatic hydroxyl groups excluding tert-OH is 1.